The molecule has 0 radical (unpaired) electrons. The highest BCUT2D eigenvalue weighted by Gasteiger charge is 2.21. The van der Waals surface area contributed by atoms with Crippen LogP contribution in [0.1, 0.15) is 5.56 Å². The largest absolute Gasteiger partial charge is 0.481 e. The number of carboxylic acids is 1. The summed E-state index contributed by atoms with van der Waals surface area (Å²) >= 11 is 0. The van der Waals surface area contributed by atoms with Gasteiger partial charge in [-0.25, -0.2) is 4.98 Å². The van der Waals surface area contributed by atoms with Crippen molar-refractivity contribution in [3.63, 3.8) is 0 Å². The molecule has 3 N–H and O–H groups in total. The van der Waals surface area contributed by atoms with E-state index in [0.29, 0.717) is 23.8 Å². The Kier molecular flexibility index (Phi) is 6.76. The third kappa shape index (κ3) is 5.42. The Bertz CT molecular complexity index is 1020. The molecular formula is C21H23N5O4. The number of methoxy groups -OCH3 is 1. The van der Waals surface area contributed by atoms with E-state index < -0.39 is 12.0 Å². The number of nitrogens with zero attached hydrogens (tertiary/aromatic N) is 3. The Labute approximate surface area is 173 Å². The standard InChI is InChI=1S/C21H23N5O4/c1-26-18(12-16(25-26)15-8-9-22-19(11-15)30-2)24-21(29)17(23-13-20(27)28)10-14-6-4-3-5-7-14/h3-9,11-12,17,23H,10,13H2,1-2H3,(H,24,29)(H,27,28). The van der Waals surface area contributed by atoms with E-state index in [1.54, 1.807) is 36.1 Å². The number of aromatic nitrogens is 3. The van der Waals surface area contributed by atoms with E-state index in [1.165, 1.54) is 7.11 Å². The number of ether oxygens (including phenoxy) is 1. The first-order valence-electron chi connectivity index (χ1n) is 9.30. The van der Waals surface area contributed by atoms with Crippen LogP contribution in [-0.4, -0.2) is 51.4 Å². The molecule has 2 aromatic heterocycles. The maximum absolute atomic E-state index is 12.9. The fourth-order valence-electron chi connectivity index (χ4n) is 2.94. The quantitative estimate of drug-likeness (QED) is 0.492. The number of nitrogens with one attached hydrogen (secondary N) is 2. The summed E-state index contributed by atoms with van der Waals surface area (Å²) in [5.74, 6) is -0.428. The van der Waals surface area contributed by atoms with Crippen LogP contribution in [-0.2, 0) is 23.1 Å². The molecule has 1 aromatic carbocycles. The lowest BCUT2D eigenvalue weighted by atomic mass is 10.1. The second-order valence-electron chi connectivity index (χ2n) is 6.63. The fraction of sp³-hybridized carbons (Fsp3) is 0.238. The van der Waals surface area contributed by atoms with Crippen molar-refractivity contribution < 1.29 is 19.4 Å². The molecular weight excluding hydrogens is 386 g/mol. The van der Waals surface area contributed by atoms with Crippen LogP contribution in [0, 0.1) is 0 Å². The van der Waals surface area contributed by atoms with Gasteiger partial charge in [0.25, 0.3) is 0 Å². The molecule has 156 valence electrons. The molecule has 1 atom stereocenters. The van der Waals surface area contributed by atoms with Crippen LogP contribution < -0.4 is 15.4 Å². The highest BCUT2D eigenvalue weighted by atomic mass is 16.5. The van der Waals surface area contributed by atoms with Crippen molar-refractivity contribution in [1.82, 2.24) is 20.1 Å². The molecule has 0 saturated heterocycles. The molecule has 0 bridgehead atoms. The SMILES string of the molecule is COc1cc(-c2cc(NC(=O)C(Cc3ccccc3)NCC(=O)O)n(C)n2)ccn1. The third-order valence-corrected chi connectivity index (χ3v) is 4.47. The summed E-state index contributed by atoms with van der Waals surface area (Å²) in [5, 5.41) is 19.1. The Hall–Kier alpha value is -3.72. The summed E-state index contributed by atoms with van der Waals surface area (Å²) in [6, 6.07) is 14.0. The predicted molar refractivity (Wildman–Crippen MR) is 111 cm³/mol. The second kappa shape index (κ2) is 9.66. The molecule has 9 nitrogen and oxygen atoms in total. The van der Waals surface area contributed by atoms with Crippen molar-refractivity contribution in [3.8, 4) is 17.1 Å². The third-order valence-electron chi connectivity index (χ3n) is 4.47. The summed E-state index contributed by atoms with van der Waals surface area (Å²) in [6.07, 6.45) is 1.97. The number of rotatable bonds is 9. The van der Waals surface area contributed by atoms with Crippen molar-refractivity contribution in [2.24, 2.45) is 7.05 Å². The molecule has 3 aromatic rings. The zero-order valence-electron chi connectivity index (χ0n) is 16.7. The molecule has 0 spiro atoms. The number of carbonyl (C=O) groups is 2. The van der Waals surface area contributed by atoms with Crippen LogP contribution >= 0.6 is 0 Å². The number of amides is 1. The number of hydrogen-bond donors (Lipinski definition) is 3. The van der Waals surface area contributed by atoms with Crippen molar-refractivity contribution in [3.05, 3.63) is 60.3 Å². The molecule has 3 rings (SSSR count). The van der Waals surface area contributed by atoms with E-state index in [1.807, 2.05) is 30.3 Å². The topological polar surface area (TPSA) is 118 Å². The molecule has 30 heavy (non-hydrogen) atoms. The Morgan fingerprint density at radius 2 is 1.97 bits per heavy atom. The molecule has 0 aliphatic heterocycles. The van der Waals surface area contributed by atoms with Crippen LogP contribution in [0.4, 0.5) is 5.82 Å². The number of benzene rings is 1. The Balaban J connectivity index is 1.77. The Morgan fingerprint density at radius 1 is 1.20 bits per heavy atom. The number of aryl methyl sites for hydroxylation is 1. The van der Waals surface area contributed by atoms with Gasteiger partial charge in [0, 0.05) is 30.9 Å². The number of aliphatic carboxylic acids is 1. The highest BCUT2D eigenvalue weighted by Crippen LogP contribution is 2.23. The molecule has 0 saturated carbocycles. The van der Waals surface area contributed by atoms with Gasteiger partial charge in [-0.1, -0.05) is 30.3 Å². The number of pyridine rings is 1. The van der Waals surface area contributed by atoms with E-state index in [4.69, 9.17) is 9.84 Å². The number of hydrogen-bond acceptors (Lipinski definition) is 6. The first-order valence-corrected chi connectivity index (χ1v) is 9.30. The number of carboxylic acid groups (broad SMARTS) is 1. The van der Waals surface area contributed by atoms with Crippen LogP contribution in [0.5, 0.6) is 5.88 Å². The van der Waals surface area contributed by atoms with Gasteiger partial charge < -0.3 is 15.2 Å². The molecule has 0 aliphatic rings. The minimum atomic E-state index is -1.03. The van der Waals surface area contributed by atoms with Gasteiger partial charge >= 0.3 is 5.97 Å². The number of anilines is 1. The van der Waals surface area contributed by atoms with E-state index in [2.05, 4.69) is 20.7 Å². The lowest BCUT2D eigenvalue weighted by Gasteiger charge is -2.17. The highest BCUT2D eigenvalue weighted by molar-refractivity contribution is 5.95. The average Bonchev–Trinajstić information content (AvgIpc) is 3.12. The lowest BCUT2D eigenvalue weighted by molar-refractivity contribution is -0.136. The molecule has 0 fully saturated rings. The minimum Gasteiger partial charge on any atom is -0.481 e. The lowest BCUT2D eigenvalue weighted by Crippen LogP contribution is -2.44. The zero-order valence-corrected chi connectivity index (χ0v) is 16.7. The van der Waals surface area contributed by atoms with Gasteiger partial charge in [-0.3, -0.25) is 19.6 Å². The van der Waals surface area contributed by atoms with Gasteiger partial charge in [-0.05, 0) is 18.1 Å². The van der Waals surface area contributed by atoms with Gasteiger partial charge in [0.2, 0.25) is 11.8 Å². The van der Waals surface area contributed by atoms with E-state index in [0.717, 1.165) is 11.1 Å². The summed E-state index contributed by atoms with van der Waals surface area (Å²) in [6.45, 7) is -0.321. The van der Waals surface area contributed by atoms with Gasteiger partial charge in [-0.2, -0.15) is 5.10 Å². The monoisotopic (exact) mass is 409 g/mol. The summed E-state index contributed by atoms with van der Waals surface area (Å²) in [4.78, 5) is 27.9. The molecule has 1 amide bonds. The van der Waals surface area contributed by atoms with Crippen LogP contribution in [0.3, 0.4) is 0 Å². The second-order valence-corrected chi connectivity index (χ2v) is 6.63. The normalized spacial score (nSPS) is 11.7. The first-order chi connectivity index (χ1) is 14.5. The maximum Gasteiger partial charge on any atom is 0.317 e. The van der Waals surface area contributed by atoms with E-state index in [-0.39, 0.29) is 12.5 Å². The number of carbonyl (C=O) groups excluding carboxylic acids is 1. The smallest absolute Gasteiger partial charge is 0.317 e. The van der Waals surface area contributed by atoms with Gasteiger partial charge in [-0.15, -0.1) is 0 Å². The van der Waals surface area contributed by atoms with Gasteiger partial charge in [0.05, 0.1) is 25.4 Å². The minimum absolute atomic E-state index is 0.321. The molecule has 0 aliphatic carbocycles. The maximum atomic E-state index is 12.9. The van der Waals surface area contributed by atoms with Crippen molar-refractivity contribution in [1.29, 1.82) is 0 Å². The first kappa shape index (κ1) is 21.0. The summed E-state index contributed by atoms with van der Waals surface area (Å²) in [7, 11) is 3.25. The average molecular weight is 409 g/mol. The van der Waals surface area contributed by atoms with Crippen molar-refractivity contribution in [2.75, 3.05) is 19.0 Å². The zero-order chi connectivity index (χ0) is 21.5. The van der Waals surface area contributed by atoms with E-state index >= 15 is 0 Å². The van der Waals surface area contributed by atoms with Crippen molar-refractivity contribution >= 4 is 17.7 Å². The van der Waals surface area contributed by atoms with Gasteiger partial charge in [0.1, 0.15) is 5.82 Å². The molecule has 1 unspecified atom stereocenters. The molecule has 9 heteroatoms. The van der Waals surface area contributed by atoms with Crippen molar-refractivity contribution in [2.45, 2.75) is 12.5 Å². The predicted octanol–water partition coefficient (Wildman–Crippen LogP) is 1.71. The molecule has 2 heterocycles. The fourth-order valence-corrected chi connectivity index (χ4v) is 2.94. The van der Waals surface area contributed by atoms with Gasteiger partial charge in [0.15, 0.2) is 0 Å². The van der Waals surface area contributed by atoms with Crippen LogP contribution in [0.2, 0.25) is 0 Å². The van der Waals surface area contributed by atoms with E-state index in [9.17, 15) is 9.59 Å². The van der Waals surface area contributed by atoms with Crippen LogP contribution in [0.25, 0.3) is 11.3 Å². The van der Waals surface area contributed by atoms with Crippen LogP contribution in [0.15, 0.2) is 54.7 Å². The Morgan fingerprint density at radius 3 is 2.67 bits per heavy atom. The summed E-state index contributed by atoms with van der Waals surface area (Å²) < 4.78 is 6.69. The summed E-state index contributed by atoms with van der Waals surface area (Å²) in [5.41, 5.74) is 2.36.